The minimum atomic E-state index is -3.09. The smallest absolute Gasteiger partial charge is 0.258 e. The van der Waals surface area contributed by atoms with Crippen LogP contribution in [0, 0.1) is 0 Å². The molecule has 0 unspecified atom stereocenters. The average molecular weight is 263 g/mol. The maximum Gasteiger partial charge on any atom is 0.258 e. The second-order valence-electron chi connectivity index (χ2n) is 3.73. The first-order valence-electron chi connectivity index (χ1n) is 4.91. The second-order valence-corrected chi connectivity index (χ2v) is 6.65. The third-order valence-electron chi connectivity index (χ3n) is 2.52. The molecule has 0 N–H and O–H groups in total. The molecule has 0 bridgehead atoms. The van der Waals surface area contributed by atoms with E-state index >= 15 is 0 Å². The van der Waals surface area contributed by atoms with E-state index in [0.717, 1.165) is 5.17 Å². The van der Waals surface area contributed by atoms with Gasteiger partial charge in [0.15, 0.2) is 5.17 Å². The van der Waals surface area contributed by atoms with Gasteiger partial charge in [-0.25, -0.2) is 8.42 Å². The summed E-state index contributed by atoms with van der Waals surface area (Å²) in [5.41, 5.74) is 0. The zero-order valence-electron chi connectivity index (χ0n) is 8.92. The van der Waals surface area contributed by atoms with E-state index in [9.17, 15) is 13.2 Å². The number of piperazine rings is 1. The van der Waals surface area contributed by atoms with Gasteiger partial charge in [0.1, 0.15) is 0 Å². The highest BCUT2D eigenvalue weighted by molar-refractivity contribution is 8.14. The Morgan fingerprint density at radius 2 is 1.88 bits per heavy atom. The predicted octanol–water partition coefficient (Wildman–Crippen LogP) is -0.807. The molecule has 2 heterocycles. The molecule has 0 spiro atoms. The Balaban J connectivity index is 1.96. The zero-order chi connectivity index (χ0) is 11.8. The Morgan fingerprint density at radius 1 is 1.25 bits per heavy atom. The van der Waals surface area contributed by atoms with Gasteiger partial charge in [-0.3, -0.25) is 4.79 Å². The summed E-state index contributed by atoms with van der Waals surface area (Å²) in [5, 5.41) is 0.734. The second kappa shape index (κ2) is 4.34. The topological polar surface area (TPSA) is 70.1 Å². The summed E-state index contributed by atoms with van der Waals surface area (Å²) in [6, 6.07) is 0. The molecule has 2 aliphatic heterocycles. The van der Waals surface area contributed by atoms with Crippen LogP contribution in [0.15, 0.2) is 4.99 Å². The molecule has 0 aromatic carbocycles. The maximum atomic E-state index is 11.3. The van der Waals surface area contributed by atoms with Gasteiger partial charge in [0.2, 0.25) is 10.0 Å². The molecule has 1 fully saturated rings. The van der Waals surface area contributed by atoms with Crippen molar-refractivity contribution >= 4 is 32.9 Å². The number of carbonyl (C=O) groups excluding carboxylic acids is 1. The van der Waals surface area contributed by atoms with Gasteiger partial charge in [-0.2, -0.15) is 9.30 Å². The lowest BCUT2D eigenvalue weighted by Crippen LogP contribution is -2.49. The van der Waals surface area contributed by atoms with Crippen LogP contribution in [0.4, 0.5) is 0 Å². The van der Waals surface area contributed by atoms with Crippen LogP contribution in [0.3, 0.4) is 0 Å². The number of amides is 1. The molecule has 0 saturated carbocycles. The zero-order valence-corrected chi connectivity index (χ0v) is 10.6. The van der Waals surface area contributed by atoms with E-state index in [2.05, 4.69) is 4.99 Å². The lowest BCUT2D eigenvalue weighted by atomic mass is 10.4. The van der Waals surface area contributed by atoms with Gasteiger partial charge in [0.25, 0.3) is 5.91 Å². The summed E-state index contributed by atoms with van der Waals surface area (Å²) in [5.74, 6) is 0.298. The molecule has 8 heteroatoms. The third-order valence-corrected chi connectivity index (χ3v) is 4.83. The normalized spacial score (nSPS) is 23.7. The molecule has 1 saturated heterocycles. The van der Waals surface area contributed by atoms with Gasteiger partial charge in [-0.15, -0.1) is 0 Å². The minimum Gasteiger partial charge on any atom is -0.348 e. The van der Waals surface area contributed by atoms with Gasteiger partial charge in [0, 0.05) is 26.2 Å². The summed E-state index contributed by atoms with van der Waals surface area (Å²) in [6.07, 6.45) is 1.22. The average Bonchev–Trinajstić information content (AvgIpc) is 2.64. The number of nitrogens with zero attached hydrogens (tertiary/aromatic N) is 3. The lowest BCUT2D eigenvalue weighted by molar-refractivity contribution is -0.115. The van der Waals surface area contributed by atoms with E-state index in [0.29, 0.717) is 31.9 Å². The molecule has 2 aliphatic rings. The summed E-state index contributed by atoms with van der Waals surface area (Å²) in [6.45, 7) is 2.14. The van der Waals surface area contributed by atoms with Crippen molar-refractivity contribution in [3.05, 3.63) is 0 Å². The molecule has 0 aromatic rings. The van der Waals surface area contributed by atoms with Crippen LogP contribution in [0.25, 0.3) is 0 Å². The van der Waals surface area contributed by atoms with Gasteiger partial charge >= 0.3 is 0 Å². The Hall–Kier alpha value is -0.600. The molecule has 6 nitrogen and oxygen atoms in total. The molecular weight excluding hydrogens is 250 g/mol. The molecule has 0 aromatic heterocycles. The first-order chi connectivity index (χ1) is 7.47. The van der Waals surface area contributed by atoms with Crippen molar-refractivity contribution in [2.24, 2.45) is 4.99 Å². The Kier molecular flexibility index (Phi) is 3.22. The Morgan fingerprint density at radius 3 is 2.31 bits per heavy atom. The highest BCUT2D eigenvalue weighted by Crippen LogP contribution is 2.18. The molecule has 16 heavy (non-hydrogen) atoms. The van der Waals surface area contributed by atoms with E-state index in [1.807, 2.05) is 4.90 Å². The number of aliphatic imine (C=N–C) groups is 1. The fourth-order valence-electron chi connectivity index (χ4n) is 1.67. The highest BCUT2D eigenvalue weighted by atomic mass is 32.2. The number of amidine groups is 1. The van der Waals surface area contributed by atoms with Crippen LogP contribution in [0.1, 0.15) is 0 Å². The number of hydrogen-bond acceptors (Lipinski definition) is 5. The van der Waals surface area contributed by atoms with Crippen LogP contribution in [0.2, 0.25) is 0 Å². The largest absolute Gasteiger partial charge is 0.348 e. The number of hydrogen-bond donors (Lipinski definition) is 0. The van der Waals surface area contributed by atoms with Crippen molar-refractivity contribution in [3.63, 3.8) is 0 Å². The monoisotopic (exact) mass is 263 g/mol. The maximum absolute atomic E-state index is 11.3. The Labute approximate surface area is 98.7 Å². The van der Waals surface area contributed by atoms with Crippen LogP contribution >= 0.6 is 11.8 Å². The number of carbonyl (C=O) groups is 1. The molecule has 1 amide bonds. The van der Waals surface area contributed by atoms with Crippen LogP contribution in [-0.2, 0) is 14.8 Å². The van der Waals surface area contributed by atoms with Crippen LogP contribution in [-0.4, -0.2) is 66.9 Å². The van der Waals surface area contributed by atoms with Crippen molar-refractivity contribution in [2.75, 3.05) is 38.2 Å². The van der Waals surface area contributed by atoms with E-state index < -0.39 is 10.0 Å². The standard InChI is InChI=1S/C8H13N3O3S2/c1-16(13,14)11-4-2-10(3-5-11)8-9-7(12)6-15-8/h2-6H2,1H3. The van der Waals surface area contributed by atoms with Crippen molar-refractivity contribution in [1.82, 2.24) is 9.21 Å². The first kappa shape index (κ1) is 11.9. The van der Waals surface area contributed by atoms with Gasteiger partial charge in [0.05, 0.1) is 12.0 Å². The van der Waals surface area contributed by atoms with Crippen molar-refractivity contribution < 1.29 is 13.2 Å². The van der Waals surface area contributed by atoms with E-state index in [1.54, 1.807) is 0 Å². The highest BCUT2D eigenvalue weighted by Gasteiger charge is 2.27. The molecule has 0 radical (unpaired) electrons. The summed E-state index contributed by atoms with van der Waals surface area (Å²) in [4.78, 5) is 16.8. The van der Waals surface area contributed by atoms with Crippen molar-refractivity contribution in [1.29, 1.82) is 0 Å². The van der Waals surface area contributed by atoms with Gasteiger partial charge < -0.3 is 4.90 Å². The summed E-state index contributed by atoms with van der Waals surface area (Å²) in [7, 11) is -3.09. The summed E-state index contributed by atoms with van der Waals surface area (Å²) < 4.78 is 24.0. The van der Waals surface area contributed by atoms with Crippen molar-refractivity contribution in [3.8, 4) is 0 Å². The molecule has 0 atom stereocenters. The molecule has 2 rings (SSSR count). The SMILES string of the molecule is CS(=O)(=O)N1CCN(C2=NC(=O)CS2)CC1. The van der Waals surface area contributed by atoms with Crippen LogP contribution in [0.5, 0.6) is 0 Å². The summed E-state index contributed by atoms with van der Waals surface area (Å²) >= 11 is 1.42. The number of sulfonamides is 1. The fourth-order valence-corrected chi connectivity index (χ4v) is 3.35. The first-order valence-corrected chi connectivity index (χ1v) is 7.74. The fraction of sp³-hybridized carbons (Fsp3) is 0.750. The predicted molar refractivity (Wildman–Crippen MR) is 62.9 cm³/mol. The van der Waals surface area contributed by atoms with E-state index in [4.69, 9.17) is 0 Å². The van der Waals surface area contributed by atoms with E-state index in [-0.39, 0.29) is 5.91 Å². The third kappa shape index (κ3) is 2.55. The molecule has 90 valence electrons. The Bertz CT molecular complexity index is 424. The van der Waals surface area contributed by atoms with Gasteiger partial charge in [-0.05, 0) is 0 Å². The van der Waals surface area contributed by atoms with E-state index in [1.165, 1.54) is 22.3 Å². The van der Waals surface area contributed by atoms with Gasteiger partial charge in [-0.1, -0.05) is 11.8 Å². The number of rotatable bonds is 1. The molecule has 0 aliphatic carbocycles. The number of thioether (sulfide) groups is 1. The quantitative estimate of drug-likeness (QED) is 0.619. The minimum absolute atomic E-state index is 0.106. The molecular formula is C8H13N3O3S2. The van der Waals surface area contributed by atoms with Crippen molar-refractivity contribution in [2.45, 2.75) is 0 Å². The lowest BCUT2D eigenvalue weighted by Gasteiger charge is -2.33. The van der Waals surface area contributed by atoms with Crippen LogP contribution < -0.4 is 0 Å².